The van der Waals surface area contributed by atoms with Crippen LogP contribution in [0.4, 0.5) is 0 Å². The van der Waals surface area contributed by atoms with Gasteiger partial charge in [0.1, 0.15) is 0 Å². The zero-order valence-corrected chi connectivity index (χ0v) is 6.25. The Hall–Kier alpha value is 0.0849. The van der Waals surface area contributed by atoms with Crippen molar-refractivity contribution in [3.63, 3.8) is 0 Å². The van der Waals surface area contributed by atoms with Crippen LogP contribution in [-0.2, 0) is 4.79 Å². The molecule has 0 spiro atoms. The third-order valence-corrected chi connectivity index (χ3v) is 1.57. The van der Waals surface area contributed by atoms with Gasteiger partial charge in [0.25, 0.3) is 0 Å². The second kappa shape index (κ2) is 5.23. The Balaban J connectivity index is 2.82. The van der Waals surface area contributed by atoms with Gasteiger partial charge in [-0.25, -0.2) is 0 Å². The molecular weight excluding hydrogens is 119 g/mol. The smallest absolute Gasteiger partial charge is 0.187 e. The second-order valence-electron chi connectivity index (χ2n) is 1.80. The van der Waals surface area contributed by atoms with Gasteiger partial charge in [0.05, 0.1) is 5.68 Å². The number of hydrogen-bond donors (Lipinski definition) is 0. The van der Waals surface area contributed by atoms with E-state index in [1.54, 1.807) is 19.6 Å². The predicted molar refractivity (Wildman–Crippen MR) is 41.2 cm³/mol. The molecule has 0 rings (SSSR count). The summed E-state index contributed by atoms with van der Waals surface area (Å²) < 4.78 is 0. The van der Waals surface area contributed by atoms with E-state index in [0.29, 0.717) is 5.68 Å². The van der Waals surface area contributed by atoms with Crippen LogP contribution in [0.25, 0.3) is 0 Å². The van der Waals surface area contributed by atoms with Crippen molar-refractivity contribution in [1.29, 1.82) is 0 Å². The minimum atomic E-state index is 0.305. The minimum Gasteiger partial charge on any atom is -0.312 e. The van der Waals surface area contributed by atoms with Crippen LogP contribution >= 0.6 is 11.8 Å². The van der Waals surface area contributed by atoms with Gasteiger partial charge in [-0.2, -0.15) is 11.8 Å². The summed E-state index contributed by atoms with van der Waals surface area (Å²) in [6.07, 6.45) is 3.84. The van der Waals surface area contributed by atoms with Crippen molar-refractivity contribution in [1.82, 2.24) is 0 Å². The summed E-state index contributed by atoms with van der Waals surface area (Å²) in [6, 6.07) is 0. The molecule has 0 aromatic heterocycles. The zero-order chi connectivity index (χ0) is 6.41. The largest absolute Gasteiger partial charge is 0.312 e. The van der Waals surface area contributed by atoms with Crippen molar-refractivity contribution in [2.24, 2.45) is 0 Å². The molecule has 0 atom stereocenters. The molecule has 0 amide bonds. The lowest BCUT2D eigenvalue weighted by atomic mass is 9.99. The Labute approximate surface area is 55.6 Å². The van der Waals surface area contributed by atoms with Crippen molar-refractivity contribution >= 4 is 25.3 Å². The van der Waals surface area contributed by atoms with Gasteiger partial charge >= 0.3 is 0 Å². The third kappa shape index (κ3) is 6.08. The highest BCUT2D eigenvalue weighted by Crippen LogP contribution is 1.97. The SMILES string of the molecule is BC(=O)CCCSC. The molecule has 8 heavy (non-hydrogen) atoms. The van der Waals surface area contributed by atoms with E-state index in [2.05, 4.69) is 6.26 Å². The quantitative estimate of drug-likeness (QED) is 0.402. The van der Waals surface area contributed by atoms with Crippen molar-refractivity contribution in [3.05, 3.63) is 0 Å². The van der Waals surface area contributed by atoms with E-state index in [1.807, 2.05) is 0 Å². The first-order valence-corrected chi connectivity index (χ1v) is 4.15. The molecule has 0 aromatic carbocycles. The van der Waals surface area contributed by atoms with Gasteiger partial charge in [-0.15, -0.1) is 0 Å². The fourth-order valence-corrected chi connectivity index (χ4v) is 0.898. The van der Waals surface area contributed by atoms with Crippen LogP contribution in [-0.4, -0.2) is 25.5 Å². The molecule has 0 aromatic rings. The summed E-state index contributed by atoms with van der Waals surface area (Å²) in [4.78, 5) is 10.3. The average Bonchev–Trinajstić information content (AvgIpc) is 1.66. The van der Waals surface area contributed by atoms with Crippen LogP contribution in [0.3, 0.4) is 0 Å². The highest BCUT2D eigenvalue weighted by molar-refractivity contribution is 7.98. The molecule has 0 aliphatic rings. The number of rotatable bonds is 4. The molecule has 0 fully saturated rings. The lowest BCUT2D eigenvalue weighted by molar-refractivity contribution is -0.111. The Morgan fingerprint density at radius 2 is 2.38 bits per heavy atom. The first kappa shape index (κ1) is 8.08. The number of carbonyl (C=O) groups excluding carboxylic acids is 1. The van der Waals surface area contributed by atoms with Gasteiger partial charge < -0.3 is 4.79 Å². The van der Waals surface area contributed by atoms with Crippen LogP contribution in [0.5, 0.6) is 0 Å². The van der Waals surface area contributed by atoms with Crippen LogP contribution < -0.4 is 0 Å². The molecule has 0 saturated heterocycles. The Morgan fingerprint density at radius 3 is 2.75 bits per heavy atom. The van der Waals surface area contributed by atoms with Gasteiger partial charge in [0, 0.05) is 0 Å². The normalized spacial score (nSPS) is 9.12. The summed E-state index contributed by atoms with van der Waals surface area (Å²) in [7, 11) is 1.64. The van der Waals surface area contributed by atoms with E-state index in [-0.39, 0.29) is 0 Å². The maximum absolute atomic E-state index is 10.3. The molecule has 1 nitrogen and oxygen atoms in total. The highest BCUT2D eigenvalue weighted by Gasteiger charge is 1.89. The predicted octanol–water partition coefficient (Wildman–Crippen LogP) is 0.289. The number of hydrogen-bond acceptors (Lipinski definition) is 2. The molecule has 0 aliphatic heterocycles. The standard InChI is InChI=1S/C5H11BOS/c1-8-4-2-3-5(6)7/h2-4,6H2,1H3. The van der Waals surface area contributed by atoms with E-state index in [9.17, 15) is 4.79 Å². The lowest BCUT2D eigenvalue weighted by Crippen LogP contribution is -1.95. The Morgan fingerprint density at radius 1 is 1.75 bits per heavy atom. The highest BCUT2D eigenvalue weighted by atomic mass is 32.2. The molecule has 0 aliphatic carbocycles. The zero-order valence-electron chi connectivity index (χ0n) is 5.44. The molecule has 0 heterocycles. The van der Waals surface area contributed by atoms with Gasteiger partial charge in [-0.05, 0) is 24.9 Å². The summed E-state index contributed by atoms with van der Waals surface area (Å²) in [6.45, 7) is 0. The maximum atomic E-state index is 10.3. The first-order chi connectivity index (χ1) is 3.77. The van der Waals surface area contributed by atoms with Gasteiger partial charge in [0.15, 0.2) is 7.85 Å². The molecule has 46 valence electrons. The summed E-state index contributed by atoms with van der Waals surface area (Å²) in [5.41, 5.74) is 0.305. The average molecular weight is 130 g/mol. The monoisotopic (exact) mass is 130 g/mol. The third-order valence-electron chi connectivity index (χ3n) is 0.877. The molecule has 0 saturated carbocycles. The van der Waals surface area contributed by atoms with Gasteiger partial charge in [0.2, 0.25) is 0 Å². The van der Waals surface area contributed by atoms with Crippen molar-refractivity contribution in [2.45, 2.75) is 12.8 Å². The molecule has 0 N–H and O–H groups in total. The van der Waals surface area contributed by atoms with Crippen molar-refractivity contribution in [2.75, 3.05) is 12.0 Å². The second-order valence-corrected chi connectivity index (χ2v) is 2.78. The van der Waals surface area contributed by atoms with Crippen molar-refractivity contribution in [3.8, 4) is 0 Å². The lowest BCUT2D eigenvalue weighted by Gasteiger charge is -1.91. The van der Waals surface area contributed by atoms with Crippen LogP contribution in [0.2, 0.25) is 0 Å². The molecular formula is C5H11BOS. The molecule has 0 radical (unpaired) electrons. The molecule has 3 heteroatoms. The summed E-state index contributed by atoms with van der Waals surface area (Å²) in [5, 5.41) is 0. The fraction of sp³-hybridized carbons (Fsp3) is 0.800. The topological polar surface area (TPSA) is 17.1 Å². The van der Waals surface area contributed by atoms with Crippen molar-refractivity contribution < 1.29 is 4.79 Å². The fourth-order valence-electron chi connectivity index (χ4n) is 0.465. The van der Waals surface area contributed by atoms with E-state index >= 15 is 0 Å². The summed E-state index contributed by atoms with van der Waals surface area (Å²) in [5.74, 6) is 1.11. The van der Waals surface area contributed by atoms with Crippen LogP contribution in [0.15, 0.2) is 0 Å². The number of thioether (sulfide) groups is 1. The molecule has 0 bridgehead atoms. The van der Waals surface area contributed by atoms with Gasteiger partial charge in [-0.1, -0.05) is 0 Å². The van der Waals surface area contributed by atoms with E-state index in [1.165, 1.54) is 0 Å². The van der Waals surface area contributed by atoms with E-state index in [0.717, 1.165) is 18.6 Å². The van der Waals surface area contributed by atoms with E-state index in [4.69, 9.17) is 0 Å². The molecule has 0 unspecified atom stereocenters. The Bertz CT molecular complexity index is 74.8. The first-order valence-electron chi connectivity index (χ1n) is 2.75. The maximum Gasteiger partial charge on any atom is 0.187 e. The van der Waals surface area contributed by atoms with E-state index < -0.39 is 0 Å². The number of carbonyl (C=O) groups is 1. The van der Waals surface area contributed by atoms with Crippen LogP contribution in [0.1, 0.15) is 12.8 Å². The van der Waals surface area contributed by atoms with Crippen LogP contribution in [0, 0.1) is 0 Å². The van der Waals surface area contributed by atoms with Gasteiger partial charge in [-0.3, -0.25) is 0 Å². The summed E-state index contributed by atoms with van der Waals surface area (Å²) >= 11 is 1.79. The minimum absolute atomic E-state index is 0.305. The Kier molecular flexibility index (Phi) is 5.28.